The van der Waals surface area contributed by atoms with Crippen LogP contribution in [0.15, 0.2) is 29.2 Å². The number of rotatable bonds is 8. The van der Waals surface area contributed by atoms with Crippen LogP contribution in [0.1, 0.15) is 18.9 Å². The number of benzene rings is 1. The van der Waals surface area contributed by atoms with E-state index in [4.69, 9.17) is 10.2 Å². The molecule has 0 heterocycles. The lowest BCUT2D eigenvalue weighted by molar-refractivity contribution is 0.197. The van der Waals surface area contributed by atoms with Crippen LogP contribution in [0.2, 0.25) is 0 Å². The lowest BCUT2D eigenvalue weighted by atomic mass is 10.1. The number of primary sulfonamides is 1. The number of hydrogen-bond donors (Lipinski definition) is 2. The summed E-state index contributed by atoms with van der Waals surface area (Å²) in [6.45, 7) is 4.73. The zero-order valence-corrected chi connectivity index (χ0v) is 12.1. The lowest BCUT2D eigenvalue weighted by Gasteiger charge is -2.20. The third kappa shape index (κ3) is 5.69. The van der Waals surface area contributed by atoms with Gasteiger partial charge < -0.3 is 10.0 Å². The molecule has 0 radical (unpaired) electrons. The lowest BCUT2D eigenvalue weighted by Crippen LogP contribution is -2.29. The van der Waals surface area contributed by atoms with Gasteiger partial charge in [-0.25, -0.2) is 13.6 Å². The Balaban J connectivity index is 2.58. The Labute approximate surface area is 115 Å². The third-order valence-electron chi connectivity index (χ3n) is 2.92. The fraction of sp³-hybridized carbons (Fsp3) is 0.538. The van der Waals surface area contributed by atoms with Crippen LogP contribution in [-0.2, 0) is 16.4 Å². The zero-order valence-electron chi connectivity index (χ0n) is 11.2. The van der Waals surface area contributed by atoms with Crippen molar-refractivity contribution in [1.82, 2.24) is 4.90 Å². The minimum atomic E-state index is -3.61. The number of hydrogen-bond acceptors (Lipinski definition) is 4. The molecule has 6 heteroatoms. The summed E-state index contributed by atoms with van der Waals surface area (Å²) < 4.78 is 22.2. The van der Waals surface area contributed by atoms with Crippen LogP contribution in [-0.4, -0.2) is 44.7 Å². The molecule has 1 aromatic rings. The Morgan fingerprint density at radius 2 is 1.79 bits per heavy atom. The van der Waals surface area contributed by atoms with E-state index >= 15 is 0 Å². The summed E-state index contributed by atoms with van der Waals surface area (Å²) in [5, 5.41) is 14.0. The summed E-state index contributed by atoms with van der Waals surface area (Å²) >= 11 is 0. The highest BCUT2D eigenvalue weighted by Gasteiger charge is 2.07. The van der Waals surface area contributed by atoms with Gasteiger partial charge in [-0.1, -0.05) is 19.1 Å². The number of nitrogens with zero attached hydrogens (tertiary/aromatic N) is 1. The first-order valence-corrected chi connectivity index (χ1v) is 7.97. The molecule has 0 unspecified atom stereocenters. The molecule has 0 atom stereocenters. The van der Waals surface area contributed by atoms with Crippen molar-refractivity contribution in [2.24, 2.45) is 5.14 Å². The number of aliphatic hydroxyl groups is 1. The molecule has 0 amide bonds. The van der Waals surface area contributed by atoms with Crippen LogP contribution in [0.3, 0.4) is 0 Å². The summed E-state index contributed by atoms with van der Waals surface area (Å²) in [5.41, 5.74) is 1.06. The van der Waals surface area contributed by atoms with Crippen LogP contribution in [0.25, 0.3) is 0 Å². The predicted octanol–water partition coefficient (Wildman–Crippen LogP) is 0.581. The fourth-order valence-electron chi connectivity index (χ4n) is 1.93. The SMILES string of the molecule is CCCN(CCO)CCc1ccc(S(N)(=O)=O)cc1. The van der Waals surface area contributed by atoms with Gasteiger partial charge in [0.15, 0.2) is 0 Å². The van der Waals surface area contributed by atoms with E-state index in [1.807, 2.05) is 0 Å². The van der Waals surface area contributed by atoms with E-state index in [2.05, 4.69) is 11.8 Å². The molecule has 0 saturated carbocycles. The smallest absolute Gasteiger partial charge is 0.238 e. The molecule has 0 saturated heterocycles. The summed E-state index contributed by atoms with van der Waals surface area (Å²) in [7, 11) is -3.61. The van der Waals surface area contributed by atoms with E-state index in [-0.39, 0.29) is 11.5 Å². The summed E-state index contributed by atoms with van der Waals surface area (Å²) in [4.78, 5) is 2.32. The maximum Gasteiger partial charge on any atom is 0.238 e. The summed E-state index contributed by atoms with van der Waals surface area (Å²) in [6, 6.07) is 6.62. The van der Waals surface area contributed by atoms with Gasteiger partial charge in [-0.15, -0.1) is 0 Å². The van der Waals surface area contributed by atoms with Gasteiger partial charge in [0.1, 0.15) is 0 Å². The van der Waals surface area contributed by atoms with Gasteiger partial charge in [0.2, 0.25) is 10.0 Å². The third-order valence-corrected chi connectivity index (χ3v) is 3.85. The van der Waals surface area contributed by atoms with E-state index in [1.54, 1.807) is 12.1 Å². The van der Waals surface area contributed by atoms with Crippen molar-refractivity contribution in [3.63, 3.8) is 0 Å². The van der Waals surface area contributed by atoms with Crippen molar-refractivity contribution >= 4 is 10.0 Å². The molecule has 1 rings (SSSR count). The molecule has 0 aliphatic rings. The molecule has 0 aliphatic heterocycles. The standard InChI is InChI=1S/C13H22N2O3S/c1-2-8-15(10-11-16)9-7-12-3-5-13(6-4-12)19(14,17)18/h3-6,16H,2,7-11H2,1H3,(H2,14,17,18). The van der Waals surface area contributed by atoms with E-state index in [0.29, 0.717) is 6.54 Å². The summed E-state index contributed by atoms with van der Waals surface area (Å²) in [5.74, 6) is 0. The maximum absolute atomic E-state index is 11.1. The molecule has 19 heavy (non-hydrogen) atoms. The van der Waals surface area contributed by atoms with Crippen LogP contribution in [0.4, 0.5) is 0 Å². The van der Waals surface area contributed by atoms with Crippen molar-refractivity contribution in [1.29, 1.82) is 0 Å². The number of nitrogens with two attached hydrogens (primary N) is 1. The van der Waals surface area contributed by atoms with Gasteiger partial charge in [-0.3, -0.25) is 0 Å². The van der Waals surface area contributed by atoms with Gasteiger partial charge in [-0.05, 0) is 37.1 Å². The van der Waals surface area contributed by atoms with Gasteiger partial charge in [0.05, 0.1) is 11.5 Å². The zero-order chi connectivity index (χ0) is 14.3. The van der Waals surface area contributed by atoms with Crippen LogP contribution in [0, 0.1) is 0 Å². The minimum Gasteiger partial charge on any atom is -0.395 e. The Morgan fingerprint density at radius 3 is 2.26 bits per heavy atom. The molecule has 1 aromatic carbocycles. The largest absolute Gasteiger partial charge is 0.395 e. The average molecular weight is 286 g/mol. The van der Waals surface area contributed by atoms with Gasteiger partial charge >= 0.3 is 0 Å². The van der Waals surface area contributed by atoms with Crippen LogP contribution in [0.5, 0.6) is 0 Å². The second-order valence-electron chi connectivity index (χ2n) is 4.50. The molecular formula is C13H22N2O3S. The molecule has 5 nitrogen and oxygen atoms in total. The minimum absolute atomic E-state index is 0.136. The van der Waals surface area contributed by atoms with Crippen LogP contribution < -0.4 is 5.14 Å². The monoisotopic (exact) mass is 286 g/mol. The average Bonchev–Trinajstić information content (AvgIpc) is 2.36. The van der Waals surface area contributed by atoms with Gasteiger partial charge in [0, 0.05) is 13.1 Å². The molecule has 0 aromatic heterocycles. The van der Waals surface area contributed by atoms with Crippen molar-refractivity contribution in [2.45, 2.75) is 24.7 Å². The molecule has 3 N–H and O–H groups in total. The molecule has 0 bridgehead atoms. The predicted molar refractivity (Wildman–Crippen MR) is 75.3 cm³/mol. The maximum atomic E-state index is 11.1. The first-order chi connectivity index (χ1) is 8.97. The Bertz CT molecular complexity index is 465. The first kappa shape index (κ1) is 16.1. The highest BCUT2D eigenvalue weighted by Crippen LogP contribution is 2.09. The van der Waals surface area contributed by atoms with Crippen molar-refractivity contribution in [2.75, 3.05) is 26.2 Å². The van der Waals surface area contributed by atoms with Crippen LogP contribution >= 0.6 is 0 Å². The van der Waals surface area contributed by atoms with Gasteiger partial charge in [-0.2, -0.15) is 0 Å². The van der Waals surface area contributed by atoms with E-state index in [1.165, 1.54) is 12.1 Å². The van der Waals surface area contributed by atoms with Gasteiger partial charge in [0.25, 0.3) is 0 Å². The quantitative estimate of drug-likeness (QED) is 0.732. The topological polar surface area (TPSA) is 83.6 Å². The number of sulfonamides is 1. The molecule has 0 aliphatic carbocycles. The molecular weight excluding hydrogens is 264 g/mol. The number of aliphatic hydroxyl groups excluding tert-OH is 1. The normalized spacial score (nSPS) is 12.0. The second kappa shape index (κ2) is 7.59. The Hall–Kier alpha value is -0.950. The summed E-state index contributed by atoms with van der Waals surface area (Å²) in [6.07, 6.45) is 1.87. The van der Waals surface area contributed by atoms with Crippen molar-refractivity contribution in [3.8, 4) is 0 Å². The first-order valence-electron chi connectivity index (χ1n) is 6.42. The van der Waals surface area contributed by atoms with E-state index in [9.17, 15) is 8.42 Å². The Morgan fingerprint density at radius 1 is 1.16 bits per heavy atom. The molecule has 108 valence electrons. The van der Waals surface area contributed by atoms with E-state index in [0.717, 1.165) is 31.5 Å². The fourth-order valence-corrected chi connectivity index (χ4v) is 2.44. The second-order valence-corrected chi connectivity index (χ2v) is 6.07. The molecule has 0 fully saturated rings. The highest BCUT2D eigenvalue weighted by molar-refractivity contribution is 7.89. The van der Waals surface area contributed by atoms with Crippen molar-refractivity contribution < 1.29 is 13.5 Å². The molecule has 0 spiro atoms. The van der Waals surface area contributed by atoms with Crippen molar-refractivity contribution in [3.05, 3.63) is 29.8 Å². The Kier molecular flexibility index (Phi) is 6.44. The highest BCUT2D eigenvalue weighted by atomic mass is 32.2. The van der Waals surface area contributed by atoms with E-state index < -0.39 is 10.0 Å².